The van der Waals surface area contributed by atoms with Gasteiger partial charge in [0.05, 0.1) is 27.0 Å². The van der Waals surface area contributed by atoms with E-state index in [2.05, 4.69) is 37.6 Å². The molecule has 7 heteroatoms. The van der Waals surface area contributed by atoms with Crippen LogP contribution in [0.2, 0.25) is 0 Å². The van der Waals surface area contributed by atoms with Gasteiger partial charge in [0.15, 0.2) is 11.5 Å². The lowest BCUT2D eigenvalue weighted by molar-refractivity contribution is 0.324. The molecule has 0 bridgehead atoms. The molecule has 1 aliphatic carbocycles. The van der Waals surface area contributed by atoms with Crippen molar-refractivity contribution in [2.24, 2.45) is 16.0 Å². The number of benzene rings is 1. The summed E-state index contributed by atoms with van der Waals surface area (Å²) >= 11 is 1.58. The lowest BCUT2D eigenvalue weighted by Gasteiger charge is -2.15. The second kappa shape index (κ2) is 9.78. The highest BCUT2D eigenvalue weighted by atomic mass is 32.1. The van der Waals surface area contributed by atoms with Gasteiger partial charge in [0.25, 0.3) is 0 Å². The van der Waals surface area contributed by atoms with Crippen molar-refractivity contribution < 1.29 is 14.2 Å². The van der Waals surface area contributed by atoms with Crippen molar-refractivity contribution in [2.45, 2.75) is 39.2 Å². The molecule has 0 aliphatic heterocycles. The van der Waals surface area contributed by atoms with Crippen molar-refractivity contribution in [3.05, 3.63) is 34.5 Å². The summed E-state index contributed by atoms with van der Waals surface area (Å²) in [4.78, 5) is 5.62. The maximum atomic E-state index is 5.53. The first-order chi connectivity index (χ1) is 14.1. The first kappa shape index (κ1) is 21.2. The van der Waals surface area contributed by atoms with E-state index in [4.69, 9.17) is 24.3 Å². The molecule has 0 saturated heterocycles. The Morgan fingerprint density at radius 3 is 2.38 bits per heavy atom. The normalized spacial score (nSPS) is 17.3. The Labute approximate surface area is 176 Å². The van der Waals surface area contributed by atoms with Gasteiger partial charge in [-0.05, 0) is 51.2 Å². The summed E-state index contributed by atoms with van der Waals surface area (Å²) in [7, 11) is 4.85. The molecule has 1 atom stereocenters. The van der Waals surface area contributed by atoms with E-state index in [1.807, 2.05) is 16.8 Å². The molecule has 1 unspecified atom stereocenters. The fourth-order valence-electron chi connectivity index (χ4n) is 3.26. The van der Waals surface area contributed by atoms with E-state index in [0.717, 1.165) is 35.3 Å². The summed E-state index contributed by atoms with van der Waals surface area (Å²) in [6, 6.07) is 4.07. The molecule has 1 aliphatic rings. The van der Waals surface area contributed by atoms with Crippen LogP contribution in [0.4, 0.5) is 0 Å². The minimum Gasteiger partial charge on any atom is -0.493 e. The highest BCUT2D eigenvalue weighted by molar-refractivity contribution is 7.07. The SMILES string of the molecule is COc1cc(-c2csc(=NC(C)C)n2N=CC2CC=CCC2)cc(OC)c1OC. The summed E-state index contributed by atoms with van der Waals surface area (Å²) in [5, 5.41) is 6.90. The molecule has 1 aromatic heterocycles. The van der Waals surface area contributed by atoms with Gasteiger partial charge in [-0.2, -0.15) is 5.10 Å². The number of nitrogens with zero attached hydrogens (tertiary/aromatic N) is 3. The molecule has 1 aromatic carbocycles. The summed E-state index contributed by atoms with van der Waals surface area (Å²) < 4.78 is 18.4. The molecule has 2 aromatic rings. The summed E-state index contributed by atoms with van der Waals surface area (Å²) in [6.45, 7) is 4.14. The summed E-state index contributed by atoms with van der Waals surface area (Å²) in [5.74, 6) is 2.25. The number of aromatic nitrogens is 1. The predicted molar refractivity (Wildman–Crippen MR) is 118 cm³/mol. The van der Waals surface area contributed by atoms with Crippen molar-refractivity contribution in [3.63, 3.8) is 0 Å². The Kier molecular flexibility index (Phi) is 7.14. The van der Waals surface area contributed by atoms with Gasteiger partial charge in [-0.25, -0.2) is 4.68 Å². The standard InChI is InChI=1S/C22H29N3O3S/c1-15(2)24-22-25(23-13-16-9-7-6-8-10-16)18(14-29-22)17-11-19(26-3)21(28-5)20(12-17)27-4/h6-7,11-16H,8-10H2,1-5H3. The number of thiazole rings is 1. The van der Waals surface area contributed by atoms with Crippen molar-refractivity contribution in [1.29, 1.82) is 0 Å². The molecule has 1 heterocycles. The van der Waals surface area contributed by atoms with Gasteiger partial charge in [0.2, 0.25) is 10.6 Å². The quantitative estimate of drug-likeness (QED) is 0.485. The Morgan fingerprint density at radius 1 is 1.10 bits per heavy atom. The first-order valence-electron chi connectivity index (χ1n) is 9.81. The van der Waals surface area contributed by atoms with Crippen LogP contribution in [0.5, 0.6) is 17.2 Å². The fraction of sp³-hybridized carbons (Fsp3) is 0.455. The van der Waals surface area contributed by atoms with Crippen LogP contribution in [0.25, 0.3) is 11.3 Å². The number of hydrogen-bond acceptors (Lipinski definition) is 6. The van der Waals surface area contributed by atoms with Crippen molar-refractivity contribution in [1.82, 2.24) is 4.68 Å². The van der Waals surface area contributed by atoms with Crippen LogP contribution in [-0.4, -0.2) is 38.3 Å². The van der Waals surface area contributed by atoms with Crippen LogP contribution in [0.1, 0.15) is 33.1 Å². The highest BCUT2D eigenvalue weighted by Gasteiger charge is 2.17. The monoisotopic (exact) mass is 415 g/mol. The van der Waals surface area contributed by atoms with E-state index in [0.29, 0.717) is 23.2 Å². The van der Waals surface area contributed by atoms with Crippen LogP contribution < -0.4 is 19.0 Å². The Balaban J connectivity index is 2.11. The van der Waals surface area contributed by atoms with E-state index in [1.165, 1.54) is 0 Å². The fourth-order valence-corrected chi connectivity index (χ4v) is 4.23. The second-order valence-corrected chi connectivity index (χ2v) is 8.00. The molecule has 156 valence electrons. The molecular formula is C22H29N3O3S. The largest absolute Gasteiger partial charge is 0.493 e. The molecule has 0 saturated carbocycles. The zero-order valence-electron chi connectivity index (χ0n) is 17.7. The van der Waals surface area contributed by atoms with E-state index < -0.39 is 0 Å². The molecule has 0 spiro atoms. The van der Waals surface area contributed by atoms with Gasteiger partial charge in [0, 0.05) is 23.2 Å². The molecule has 0 radical (unpaired) electrons. The number of methoxy groups -OCH3 is 3. The minimum atomic E-state index is 0.181. The summed E-state index contributed by atoms with van der Waals surface area (Å²) in [5.41, 5.74) is 1.87. The van der Waals surface area contributed by atoms with Crippen molar-refractivity contribution in [2.75, 3.05) is 21.3 Å². The van der Waals surface area contributed by atoms with Crippen LogP contribution in [-0.2, 0) is 0 Å². The van der Waals surface area contributed by atoms with Gasteiger partial charge >= 0.3 is 0 Å². The lowest BCUT2D eigenvalue weighted by atomic mass is 9.96. The van der Waals surface area contributed by atoms with E-state index in [1.54, 1.807) is 32.7 Å². The Bertz CT molecular complexity index is 931. The van der Waals surface area contributed by atoms with Gasteiger partial charge in [-0.1, -0.05) is 12.2 Å². The average Bonchev–Trinajstić information content (AvgIpc) is 3.13. The Morgan fingerprint density at radius 2 is 1.83 bits per heavy atom. The van der Waals surface area contributed by atoms with Crippen molar-refractivity contribution in [3.8, 4) is 28.5 Å². The van der Waals surface area contributed by atoms with Gasteiger partial charge < -0.3 is 14.2 Å². The van der Waals surface area contributed by atoms with Gasteiger partial charge in [0.1, 0.15) is 0 Å². The first-order valence-corrected chi connectivity index (χ1v) is 10.7. The average molecular weight is 416 g/mol. The molecule has 29 heavy (non-hydrogen) atoms. The number of rotatable bonds is 7. The topological polar surface area (TPSA) is 57.3 Å². The summed E-state index contributed by atoms with van der Waals surface area (Å²) in [6.07, 6.45) is 9.79. The Hall–Kier alpha value is -2.54. The third-order valence-electron chi connectivity index (χ3n) is 4.72. The minimum absolute atomic E-state index is 0.181. The lowest BCUT2D eigenvalue weighted by Crippen LogP contribution is -2.16. The van der Waals surface area contributed by atoms with Gasteiger partial charge in [-0.3, -0.25) is 4.99 Å². The van der Waals surface area contributed by atoms with Crippen LogP contribution in [0, 0.1) is 5.92 Å². The second-order valence-electron chi connectivity index (χ2n) is 7.16. The number of ether oxygens (including phenoxy) is 3. The molecule has 3 rings (SSSR count). The molecule has 6 nitrogen and oxygen atoms in total. The van der Waals surface area contributed by atoms with E-state index >= 15 is 0 Å². The maximum absolute atomic E-state index is 5.53. The molecule has 0 fully saturated rings. The smallest absolute Gasteiger partial charge is 0.206 e. The molecule has 0 N–H and O–H groups in total. The highest BCUT2D eigenvalue weighted by Crippen LogP contribution is 2.41. The maximum Gasteiger partial charge on any atom is 0.206 e. The molecular weight excluding hydrogens is 386 g/mol. The number of allylic oxidation sites excluding steroid dienone is 2. The third kappa shape index (κ3) is 4.90. The van der Waals surface area contributed by atoms with E-state index in [-0.39, 0.29) is 6.04 Å². The van der Waals surface area contributed by atoms with E-state index in [9.17, 15) is 0 Å². The van der Waals surface area contributed by atoms with Crippen LogP contribution >= 0.6 is 11.3 Å². The van der Waals surface area contributed by atoms with Crippen molar-refractivity contribution >= 4 is 17.6 Å². The van der Waals surface area contributed by atoms with Crippen LogP contribution in [0.3, 0.4) is 0 Å². The molecule has 0 amide bonds. The zero-order valence-corrected chi connectivity index (χ0v) is 18.5. The van der Waals surface area contributed by atoms with Gasteiger partial charge in [-0.15, -0.1) is 11.3 Å². The zero-order chi connectivity index (χ0) is 20.8. The predicted octanol–water partition coefficient (Wildman–Crippen LogP) is 4.74. The number of hydrogen-bond donors (Lipinski definition) is 0. The third-order valence-corrected chi connectivity index (χ3v) is 5.55. The van der Waals surface area contributed by atoms with Crippen LogP contribution in [0.15, 0.2) is 39.8 Å².